The van der Waals surface area contributed by atoms with E-state index in [1.165, 1.54) is 11.0 Å². The topological polar surface area (TPSA) is 42.2 Å². The zero-order valence-corrected chi connectivity index (χ0v) is 9.72. The SMILES string of the molecule is N#Cc1ccc(Oc2ccc3c(c2)COB3)cc1. The maximum atomic E-state index is 8.72. The van der Waals surface area contributed by atoms with Crippen LogP contribution in [0.15, 0.2) is 42.5 Å². The van der Waals surface area contributed by atoms with E-state index < -0.39 is 0 Å². The van der Waals surface area contributed by atoms with Gasteiger partial charge in [0.2, 0.25) is 0 Å². The van der Waals surface area contributed by atoms with Crippen molar-refractivity contribution < 1.29 is 9.39 Å². The van der Waals surface area contributed by atoms with Gasteiger partial charge in [-0.25, -0.2) is 0 Å². The number of benzene rings is 2. The lowest BCUT2D eigenvalue weighted by molar-refractivity contribution is 0.344. The van der Waals surface area contributed by atoms with Crippen LogP contribution < -0.4 is 10.2 Å². The Morgan fingerprint density at radius 2 is 1.89 bits per heavy atom. The molecule has 0 unspecified atom stereocenters. The summed E-state index contributed by atoms with van der Waals surface area (Å²) < 4.78 is 11.1. The molecule has 18 heavy (non-hydrogen) atoms. The fraction of sp³-hybridized carbons (Fsp3) is 0.0714. The van der Waals surface area contributed by atoms with Gasteiger partial charge in [0.25, 0.3) is 0 Å². The molecule has 2 aromatic rings. The van der Waals surface area contributed by atoms with E-state index in [1.807, 2.05) is 18.2 Å². The van der Waals surface area contributed by atoms with Gasteiger partial charge in [-0.15, -0.1) is 0 Å². The molecule has 1 aliphatic heterocycles. The van der Waals surface area contributed by atoms with Gasteiger partial charge in [0, 0.05) is 0 Å². The van der Waals surface area contributed by atoms with Gasteiger partial charge in [-0.1, -0.05) is 6.07 Å². The summed E-state index contributed by atoms with van der Waals surface area (Å²) in [5.41, 5.74) is 3.04. The highest BCUT2D eigenvalue weighted by Gasteiger charge is 2.13. The summed E-state index contributed by atoms with van der Waals surface area (Å²) in [4.78, 5) is 0. The molecule has 86 valence electrons. The van der Waals surface area contributed by atoms with Crippen LogP contribution in [0.25, 0.3) is 0 Å². The summed E-state index contributed by atoms with van der Waals surface area (Å²) >= 11 is 0. The van der Waals surface area contributed by atoms with Crippen LogP contribution in [-0.2, 0) is 11.3 Å². The van der Waals surface area contributed by atoms with Crippen molar-refractivity contribution in [1.82, 2.24) is 0 Å². The number of hydrogen-bond donors (Lipinski definition) is 0. The maximum Gasteiger partial charge on any atom is 0.309 e. The second kappa shape index (κ2) is 4.56. The Hall–Kier alpha value is -2.25. The third-order valence-electron chi connectivity index (χ3n) is 2.91. The monoisotopic (exact) mass is 235 g/mol. The van der Waals surface area contributed by atoms with Gasteiger partial charge in [0.15, 0.2) is 0 Å². The van der Waals surface area contributed by atoms with E-state index in [0.29, 0.717) is 19.7 Å². The largest absolute Gasteiger partial charge is 0.457 e. The third kappa shape index (κ3) is 2.09. The van der Waals surface area contributed by atoms with Crippen LogP contribution in [0.2, 0.25) is 0 Å². The summed E-state index contributed by atoms with van der Waals surface area (Å²) in [5.74, 6) is 1.52. The lowest BCUT2D eigenvalue weighted by Gasteiger charge is -2.07. The summed E-state index contributed by atoms with van der Waals surface area (Å²) in [6.45, 7) is 0.653. The fourth-order valence-electron chi connectivity index (χ4n) is 1.95. The Kier molecular flexibility index (Phi) is 2.75. The maximum absolute atomic E-state index is 8.72. The number of ether oxygens (including phenoxy) is 1. The molecule has 0 radical (unpaired) electrons. The molecule has 1 aliphatic rings. The predicted molar refractivity (Wildman–Crippen MR) is 69.2 cm³/mol. The lowest BCUT2D eigenvalue weighted by Crippen LogP contribution is -2.10. The summed E-state index contributed by atoms with van der Waals surface area (Å²) in [6.07, 6.45) is 0. The molecule has 0 fully saturated rings. The van der Waals surface area contributed by atoms with E-state index in [9.17, 15) is 0 Å². The number of fused-ring (bicyclic) bond motifs is 1. The van der Waals surface area contributed by atoms with Crippen molar-refractivity contribution in [3.8, 4) is 17.6 Å². The van der Waals surface area contributed by atoms with Crippen LogP contribution in [-0.4, -0.2) is 7.48 Å². The van der Waals surface area contributed by atoms with E-state index in [2.05, 4.69) is 6.07 Å². The summed E-state index contributed by atoms with van der Waals surface area (Å²) in [5, 5.41) is 8.72. The van der Waals surface area contributed by atoms with Gasteiger partial charge in [-0.2, -0.15) is 5.26 Å². The highest BCUT2D eigenvalue weighted by Crippen LogP contribution is 2.23. The zero-order valence-electron chi connectivity index (χ0n) is 9.72. The van der Waals surface area contributed by atoms with Crippen molar-refractivity contribution in [2.45, 2.75) is 6.61 Å². The molecule has 0 atom stereocenters. The van der Waals surface area contributed by atoms with Crippen LogP contribution in [0.1, 0.15) is 11.1 Å². The Bertz CT molecular complexity index is 617. The molecular weight excluding hydrogens is 225 g/mol. The minimum Gasteiger partial charge on any atom is -0.457 e. The minimum atomic E-state index is 0.629. The predicted octanol–water partition coefficient (Wildman–Crippen LogP) is 1.86. The van der Waals surface area contributed by atoms with E-state index in [-0.39, 0.29) is 0 Å². The summed E-state index contributed by atoms with van der Waals surface area (Å²) in [7, 11) is 0.687. The quantitative estimate of drug-likeness (QED) is 0.746. The molecule has 0 bridgehead atoms. The molecule has 0 saturated carbocycles. The van der Waals surface area contributed by atoms with Crippen LogP contribution in [0.5, 0.6) is 11.5 Å². The average Bonchev–Trinajstić information content (AvgIpc) is 2.87. The average molecular weight is 235 g/mol. The fourth-order valence-corrected chi connectivity index (χ4v) is 1.95. The van der Waals surface area contributed by atoms with Crippen LogP contribution in [0.3, 0.4) is 0 Å². The molecular formula is C14H10BNO2. The highest BCUT2D eigenvalue weighted by molar-refractivity contribution is 6.48. The molecule has 1 heterocycles. The number of nitrogens with zero attached hydrogens (tertiary/aromatic N) is 1. The van der Waals surface area contributed by atoms with Crippen molar-refractivity contribution in [3.63, 3.8) is 0 Å². The van der Waals surface area contributed by atoms with Crippen molar-refractivity contribution >= 4 is 12.9 Å². The summed E-state index contributed by atoms with van der Waals surface area (Å²) in [6, 6.07) is 15.1. The molecule has 4 heteroatoms. The van der Waals surface area contributed by atoms with Gasteiger partial charge >= 0.3 is 7.48 Å². The standard InChI is InChI=1S/C14H10BNO2/c16-8-10-1-3-12(4-2-10)18-13-5-6-14-11(7-13)9-17-15-14/h1-7,15H,9H2. The molecule has 0 spiro atoms. The molecule has 3 rings (SSSR count). The van der Waals surface area contributed by atoms with Gasteiger partial charge in [0.05, 0.1) is 18.2 Å². The van der Waals surface area contributed by atoms with E-state index in [0.717, 1.165) is 11.5 Å². The van der Waals surface area contributed by atoms with Crippen molar-refractivity contribution in [3.05, 3.63) is 53.6 Å². The van der Waals surface area contributed by atoms with Crippen LogP contribution >= 0.6 is 0 Å². The number of hydrogen-bond acceptors (Lipinski definition) is 3. The second-order valence-electron chi connectivity index (χ2n) is 4.16. The van der Waals surface area contributed by atoms with Gasteiger partial charge < -0.3 is 9.39 Å². The molecule has 0 amide bonds. The first-order chi connectivity index (χ1) is 8.85. The highest BCUT2D eigenvalue weighted by atomic mass is 16.5. The molecule has 0 aromatic heterocycles. The Labute approximate surface area is 106 Å². The number of rotatable bonds is 2. The molecule has 0 saturated heterocycles. The Morgan fingerprint density at radius 3 is 2.67 bits per heavy atom. The zero-order chi connectivity index (χ0) is 12.4. The smallest absolute Gasteiger partial charge is 0.309 e. The number of nitriles is 1. The first kappa shape index (κ1) is 10.9. The van der Waals surface area contributed by atoms with Gasteiger partial charge in [0.1, 0.15) is 11.5 Å². The third-order valence-corrected chi connectivity index (χ3v) is 2.91. The van der Waals surface area contributed by atoms with Crippen LogP contribution in [0, 0.1) is 11.3 Å². The lowest BCUT2D eigenvalue weighted by atomic mass is 9.87. The molecule has 0 aliphatic carbocycles. The van der Waals surface area contributed by atoms with Gasteiger partial charge in [-0.05, 0) is 47.4 Å². The Morgan fingerprint density at radius 1 is 1.11 bits per heavy atom. The second-order valence-corrected chi connectivity index (χ2v) is 4.16. The normalized spacial score (nSPS) is 12.4. The Balaban J connectivity index is 1.81. The first-order valence-corrected chi connectivity index (χ1v) is 5.73. The van der Waals surface area contributed by atoms with Crippen molar-refractivity contribution in [2.75, 3.05) is 0 Å². The van der Waals surface area contributed by atoms with Gasteiger partial charge in [-0.3, -0.25) is 0 Å². The molecule has 0 N–H and O–H groups in total. The molecule has 3 nitrogen and oxygen atoms in total. The van der Waals surface area contributed by atoms with Crippen molar-refractivity contribution in [1.29, 1.82) is 5.26 Å². The van der Waals surface area contributed by atoms with Crippen LogP contribution in [0.4, 0.5) is 0 Å². The molecule has 2 aromatic carbocycles. The van der Waals surface area contributed by atoms with E-state index in [1.54, 1.807) is 24.3 Å². The van der Waals surface area contributed by atoms with E-state index in [4.69, 9.17) is 14.7 Å². The van der Waals surface area contributed by atoms with E-state index >= 15 is 0 Å². The van der Waals surface area contributed by atoms with Crippen molar-refractivity contribution in [2.24, 2.45) is 0 Å². The first-order valence-electron chi connectivity index (χ1n) is 5.73. The minimum absolute atomic E-state index is 0.629.